The number of thiophene rings is 2. The van der Waals surface area contributed by atoms with E-state index in [-0.39, 0.29) is 40.5 Å². The average molecular weight is 554 g/mol. The molecule has 0 fully saturated rings. The SMILES string of the molecule is CCOC(=O)c1sc(NC(=O)C(C)Sc2sc3c(c2C(=O)OCC)CCCCC3)c(C(=O)OC)c1C. The number of fused-ring (bicyclic) bond motifs is 1. The van der Waals surface area contributed by atoms with E-state index in [2.05, 4.69) is 5.32 Å². The third kappa shape index (κ3) is 6.12. The number of ether oxygens (including phenoxy) is 3. The Hall–Kier alpha value is -2.37. The number of thioether (sulfide) groups is 1. The standard InChI is InChI=1S/C25H31NO7S3/c1-6-32-23(29)18-15-11-9-8-10-12-16(15)35-25(18)34-14(4)20(27)26-21-17(22(28)31-5)13(3)19(36-21)24(30)33-7-2/h14H,6-12H2,1-5H3,(H,26,27). The predicted molar refractivity (Wildman–Crippen MR) is 142 cm³/mol. The summed E-state index contributed by atoms with van der Waals surface area (Å²) in [5.74, 6) is -1.93. The first-order valence-corrected chi connectivity index (χ1v) is 14.4. The minimum absolute atomic E-state index is 0.131. The molecule has 1 amide bonds. The Labute approximate surface area is 223 Å². The lowest BCUT2D eigenvalue weighted by molar-refractivity contribution is -0.115. The highest BCUT2D eigenvalue weighted by Crippen LogP contribution is 2.42. The number of amides is 1. The van der Waals surface area contributed by atoms with Crippen LogP contribution in [-0.4, -0.2) is 49.4 Å². The molecular weight excluding hydrogens is 522 g/mol. The van der Waals surface area contributed by atoms with Crippen molar-refractivity contribution in [2.45, 2.75) is 69.3 Å². The summed E-state index contributed by atoms with van der Waals surface area (Å²) in [5.41, 5.74) is 2.15. The van der Waals surface area contributed by atoms with Crippen LogP contribution in [0.1, 0.15) is 86.4 Å². The Bertz CT molecular complexity index is 1150. The number of rotatable bonds is 9. The molecule has 1 unspecified atom stereocenters. The van der Waals surface area contributed by atoms with Gasteiger partial charge in [-0.25, -0.2) is 14.4 Å². The van der Waals surface area contributed by atoms with Crippen LogP contribution in [0.4, 0.5) is 5.00 Å². The van der Waals surface area contributed by atoms with Gasteiger partial charge in [-0.1, -0.05) is 6.42 Å². The van der Waals surface area contributed by atoms with E-state index in [1.807, 2.05) is 0 Å². The number of carbonyl (C=O) groups excluding carboxylic acids is 4. The maximum absolute atomic E-state index is 13.2. The number of aryl methyl sites for hydroxylation is 1. The number of methoxy groups -OCH3 is 1. The Morgan fingerprint density at radius 1 is 0.944 bits per heavy atom. The van der Waals surface area contributed by atoms with Crippen molar-refractivity contribution in [1.29, 1.82) is 0 Å². The van der Waals surface area contributed by atoms with Gasteiger partial charge in [-0.15, -0.1) is 34.4 Å². The van der Waals surface area contributed by atoms with Gasteiger partial charge < -0.3 is 19.5 Å². The minimum Gasteiger partial charge on any atom is -0.465 e. The summed E-state index contributed by atoms with van der Waals surface area (Å²) in [6, 6.07) is 0. The highest BCUT2D eigenvalue weighted by atomic mass is 32.2. The summed E-state index contributed by atoms with van der Waals surface area (Å²) < 4.78 is 16.1. The van der Waals surface area contributed by atoms with E-state index in [1.165, 1.54) is 23.7 Å². The molecule has 3 rings (SSSR count). The fourth-order valence-corrected chi connectivity index (χ4v) is 7.92. The van der Waals surface area contributed by atoms with E-state index in [9.17, 15) is 19.2 Å². The highest BCUT2D eigenvalue weighted by molar-refractivity contribution is 8.02. The molecular formula is C25H31NO7S3. The lowest BCUT2D eigenvalue weighted by Crippen LogP contribution is -2.23. The Kier molecular flexibility index (Phi) is 9.98. The second kappa shape index (κ2) is 12.7. The summed E-state index contributed by atoms with van der Waals surface area (Å²) >= 11 is 3.84. The molecule has 8 nitrogen and oxygen atoms in total. The number of nitrogens with one attached hydrogen (secondary N) is 1. The maximum atomic E-state index is 13.2. The maximum Gasteiger partial charge on any atom is 0.348 e. The number of esters is 3. The second-order valence-corrected chi connectivity index (χ2v) is 11.9. The summed E-state index contributed by atoms with van der Waals surface area (Å²) in [6.45, 7) is 7.29. The van der Waals surface area contributed by atoms with E-state index in [4.69, 9.17) is 14.2 Å². The molecule has 1 N–H and O–H groups in total. The van der Waals surface area contributed by atoms with Gasteiger partial charge in [-0.2, -0.15) is 0 Å². The number of hydrogen-bond acceptors (Lipinski definition) is 10. The summed E-state index contributed by atoms with van der Waals surface area (Å²) in [6.07, 6.45) is 4.97. The Balaban J connectivity index is 1.87. The van der Waals surface area contributed by atoms with Crippen molar-refractivity contribution in [3.8, 4) is 0 Å². The second-order valence-electron chi connectivity index (χ2n) is 8.17. The molecule has 1 aliphatic carbocycles. The van der Waals surface area contributed by atoms with E-state index in [0.717, 1.165) is 53.2 Å². The number of hydrogen-bond donors (Lipinski definition) is 1. The highest BCUT2D eigenvalue weighted by Gasteiger charge is 2.31. The van der Waals surface area contributed by atoms with Gasteiger partial charge in [0.15, 0.2) is 0 Å². The molecule has 36 heavy (non-hydrogen) atoms. The van der Waals surface area contributed by atoms with Crippen molar-refractivity contribution in [2.75, 3.05) is 25.6 Å². The first-order valence-electron chi connectivity index (χ1n) is 11.9. The number of carbonyl (C=O) groups is 4. The summed E-state index contributed by atoms with van der Waals surface area (Å²) in [7, 11) is 1.24. The smallest absolute Gasteiger partial charge is 0.348 e. The molecule has 0 radical (unpaired) electrons. The van der Waals surface area contributed by atoms with Crippen LogP contribution in [-0.2, 0) is 31.8 Å². The fourth-order valence-electron chi connectivity index (χ4n) is 3.98. The van der Waals surface area contributed by atoms with Crippen LogP contribution in [0.25, 0.3) is 0 Å². The molecule has 0 bridgehead atoms. The van der Waals surface area contributed by atoms with Gasteiger partial charge in [-0.05, 0) is 64.5 Å². The molecule has 11 heteroatoms. The van der Waals surface area contributed by atoms with Crippen LogP contribution in [0, 0.1) is 6.92 Å². The van der Waals surface area contributed by atoms with E-state index in [1.54, 1.807) is 39.0 Å². The molecule has 0 saturated carbocycles. The summed E-state index contributed by atoms with van der Waals surface area (Å²) in [5, 5.41) is 2.43. The Morgan fingerprint density at radius 3 is 2.28 bits per heavy atom. The van der Waals surface area contributed by atoms with Gasteiger partial charge in [0.2, 0.25) is 5.91 Å². The average Bonchev–Trinajstić information content (AvgIpc) is 3.25. The van der Waals surface area contributed by atoms with Gasteiger partial charge in [0, 0.05) is 4.88 Å². The zero-order valence-corrected chi connectivity index (χ0v) is 23.6. The fraction of sp³-hybridized carbons (Fsp3) is 0.520. The van der Waals surface area contributed by atoms with E-state index in [0.29, 0.717) is 11.1 Å². The van der Waals surface area contributed by atoms with Gasteiger partial charge in [0.25, 0.3) is 0 Å². The zero-order chi connectivity index (χ0) is 26.4. The third-order valence-electron chi connectivity index (χ3n) is 5.76. The van der Waals surface area contributed by atoms with Crippen LogP contribution in [0.15, 0.2) is 4.21 Å². The first kappa shape index (κ1) is 28.2. The van der Waals surface area contributed by atoms with Crippen molar-refractivity contribution >= 4 is 63.3 Å². The lowest BCUT2D eigenvalue weighted by Gasteiger charge is -2.13. The van der Waals surface area contributed by atoms with Crippen LogP contribution >= 0.6 is 34.4 Å². The molecule has 0 saturated heterocycles. The topological polar surface area (TPSA) is 108 Å². The molecule has 1 aliphatic rings. The van der Waals surface area contributed by atoms with Crippen LogP contribution in [0.3, 0.4) is 0 Å². The van der Waals surface area contributed by atoms with Crippen molar-refractivity contribution in [2.24, 2.45) is 0 Å². The van der Waals surface area contributed by atoms with Crippen LogP contribution in [0.5, 0.6) is 0 Å². The van der Waals surface area contributed by atoms with Gasteiger partial charge >= 0.3 is 17.9 Å². The van der Waals surface area contributed by atoms with Gasteiger partial charge in [0.05, 0.1) is 40.9 Å². The van der Waals surface area contributed by atoms with Gasteiger partial charge in [0.1, 0.15) is 9.88 Å². The molecule has 1 atom stereocenters. The van der Waals surface area contributed by atoms with Crippen LogP contribution in [0.2, 0.25) is 0 Å². The minimum atomic E-state index is -0.651. The van der Waals surface area contributed by atoms with Crippen molar-refractivity contribution < 1.29 is 33.4 Å². The van der Waals surface area contributed by atoms with E-state index >= 15 is 0 Å². The summed E-state index contributed by atoms with van der Waals surface area (Å²) in [4.78, 5) is 52.3. The molecule has 2 aromatic rings. The number of anilines is 1. The monoisotopic (exact) mass is 553 g/mol. The van der Waals surface area contributed by atoms with Crippen molar-refractivity contribution in [3.05, 3.63) is 32.0 Å². The molecule has 2 heterocycles. The van der Waals surface area contributed by atoms with E-state index < -0.39 is 17.2 Å². The largest absolute Gasteiger partial charge is 0.465 e. The molecule has 196 valence electrons. The molecule has 0 aliphatic heterocycles. The quantitative estimate of drug-likeness (QED) is 0.184. The molecule has 0 spiro atoms. The normalized spacial score (nSPS) is 13.8. The molecule has 2 aromatic heterocycles. The van der Waals surface area contributed by atoms with Crippen LogP contribution < -0.4 is 5.32 Å². The van der Waals surface area contributed by atoms with Gasteiger partial charge in [-0.3, -0.25) is 4.79 Å². The third-order valence-corrected chi connectivity index (χ3v) is 9.55. The predicted octanol–water partition coefficient (Wildman–Crippen LogP) is 5.65. The van der Waals surface area contributed by atoms with Crippen molar-refractivity contribution in [3.63, 3.8) is 0 Å². The van der Waals surface area contributed by atoms with Crippen molar-refractivity contribution in [1.82, 2.24) is 0 Å². The lowest BCUT2D eigenvalue weighted by atomic mass is 10.1. The Morgan fingerprint density at radius 2 is 1.61 bits per heavy atom. The zero-order valence-electron chi connectivity index (χ0n) is 21.1. The molecule has 0 aromatic carbocycles. The first-order chi connectivity index (χ1) is 17.2.